The summed E-state index contributed by atoms with van der Waals surface area (Å²) in [6.07, 6.45) is 4.61. The van der Waals surface area contributed by atoms with Crippen LogP contribution < -0.4 is 41.1 Å². The average molecular weight is 1340 g/mol. The van der Waals surface area contributed by atoms with E-state index in [2.05, 4.69) is 46.5 Å². The molecule has 6 aromatic rings. The number of halogens is 1. The lowest BCUT2D eigenvalue weighted by Gasteiger charge is -2.41. The average Bonchev–Trinajstić information content (AvgIpc) is 0.924. The predicted octanol–water partition coefficient (Wildman–Crippen LogP) is 9.28. The molecule has 1 saturated carbocycles. The number of carbonyl (C=O) groups is 5. The molecule has 4 heterocycles. The normalized spacial score (nSPS) is 18.6. The number of rotatable bonds is 32. The van der Waals surface area contributed by atoms with Crippen molar-refractivity contribution in [1.82, 2.24) is 25.9 Å². The third-order valence-corrected chi connectivity index (χ3v) is 18.3. The molecule has 0 bridgehead atoms. The topological polar surface area (TPSA) is 268 Å². The van der Waals surface area contributed by atoms with Crippen LogP contribution in [-0.4, -0.2) is 169 Å². The Morgan fingerprint density at radius 2 is 1.42 bits per heavy atom. The highest BCUT2D eigenvalue weighted by atomic mass is 35.5. The second-order valence-corrected chi connectivity index (χ2v) is 26.0. The Kier molecular flexibility index (Phi) is 24.7. The van der Waals surface area contributed by atoms with Crippen LogP contribution in [0.4, 0.5) is 22.9 Å². The molecule has 96 heavy (non-hydrogen) atoms. The van der Waals surface area contributed by atoms with Crippen LogP contribution in [0, 0.1) is 5.92 Å². The number of nitrogens with two attached hydrogens (primary N) is 1. The molecule has 5 aromatic carbocycles. The monoisotopic (exact) mass is 1340 g/mol. The summed E-state index contributed by atoms with van der Waals surface area (Å²) in [6, 6.07) is 32.9. The highest BCUT2D eigenvalue weighted by molar-refractivity contribution is 6.32. The van der Waals surface area contributed by atoms with Crippen LogP contribution in [0.15, 0.2) is 115 Å². The van der Waals surface area contributed by atoms with Gasteiger partial charge in [0.2, 0.25) is 11.8 Å². The van der Waals surface area contributed by atoms with Gasteiger partial charge in [-0.2, -0.15) is 0 Å². The largest absolute Gasteiger partial charge is 0.490 e. The number of benzene rings is 5. The zero-order valence-electron chi connectivity index (χ0n) is 55.5. The van der Waals surface area contributed by atoms with Crippen LogP contribution in [-0.2, 0) is 54.6 Å². The Hall–Kier alpha value is -8.22. The van der Waals surface area contributed by atoms with E-state index in [9.17, 15) is 29.1 Å². The molecule has 6 N–H and O–H groups in total. The zero-order chi connectivity index (χ0) is 67.7. The first-order valence-corrected chi connectivity index (χ1v) is 33.7. The van der Waals surface area contributed by atoms with Gasteiger partial charge < -0.3 is 69.7 Å². The fourth-order valence-corrected chi connectivity index (χ4v) is 13.7. The van der Waals surface area contributed by atoms with Crippen LogP contribution >= 0.6 is 11.6 Å². The third-order valence-electron chi connectivity index (χ3n) is 18.0. The number of amides is 4. The molecular weight excluding hydrogens is 1250 g/mol. The van der Waals surface area contributed by atoms with Gasteiger partial charge in [-0.05, 0) is 120 Å². The number of carbonyl (C=O) groups excluding carboxylic acids is 4. The van der Waals surface area contributed by atoms with E-state index >= 15 is 0 Å². The van der Waals surface area contributed by atoms with E-state index in [1.807, 2.05) is 79.7 Å². The molecule has 512 valence electrons. The summed E-state index contributed by atoms with van der Waals surface area (Å²) < 4.78 is 40.2. The number of aromatic nitrogens is 2. The first kappa shape index (κ1) is 70.6. The van der Waals surface area contributed by atoms with Gasteiger partial charge >= 0.3 is 5.97 Å². The van der Waals surface area contributed by atoms with Gasteiger partial charge in [0.05, 0.1) is 109 Å². The summed E-state index contributed by atoms with van der Waals surface area (Å²) >= 11 is 6.88. The first-order valence-electron chi connectivity index (χ1n) is 33.3. The third kappa shape index (κ3) is 17.9. The van der Waals surface area contributed by atoms with Crippen LogP contribution in [0.5, 0.6) is 5.75 Å². The number of nitrogens with zero attached hydrogens (tertiary/aromatic N) is 5. The Balaban J connectivity index is 0.630. The maximum Gasteiger partial charge on any atom is 0.313 e. The van der Waals surface area contributed by atoms with Crippen molar-refractivity contribution in [3.8, 4) is 16.9 Å². The number of aliphatic carboxylic acids is 1. The van der Waals surface area contributed by atoms with Crippen molar-refractivity contribution in [2.24, 2.45) is 5.92 Å². The number of nitrogens with one attached hydrogen (secondary N) is 3. The Morgan fingerprint density at radius 3 is 2.09 bits per heavy atom. The molecule has 1 aromatic heterocycles. The van der Waals surface area contributed by atoms with E-state index in [0.717, 1.165) is 48.1 Å². The molecule has 10 rings (SSSR count). The van der Waals surface area contributed by atoms with Crippen molar-refractivity contribution in [2.75, 3.05) is 133 Å². The van der Waals surface area contributed by atoms with Crippen LogP contribution in [0.1, 0.15) is 127 Å². The number of carboxylic acid groups (broad SMARTS) is 1. The van der Waals surface area contributed by atoms with E-state index in [-0.39, 0.29) is 60.5 Å². The van der Waals surface area contributed by atoms with Gasteiger partial charge in [0.1, 0.15) is 36.0 Å². The van der Waals surface area contributed by atoms with E-state index in [1.54, 1.807) is 54.5 Å². The summed E-state index contributed by atoms with van der Waals surface area (Å²) in [5, 5.41) is 20.4. The van der Waals surface area contributed by atoms with E-state index in [4.69, 9.17) is 60.5 Å². The molecule has 22 nitrogen and oxygen atoms in total. The second kappa shape index (κ2) is 33.6. The Labute approximate surface area is 566 Å². The van der Waals surface area contributed by atoms with Gasteiger partial charge in [0.15, 0.2) is 0 Å². The Morgan fingerprint density at radius 1 is 0.760 bits per heavy atom. The molecule has 23 heteroatoms. The predicted molar refractivity (Wildman–Crippen MR) is 367 cm³/mol. The number of nitrogen functional groups attached to an aromatic ring is 1. The second-order valence-electron chi connectivity index (χ2n) is 25.6. The van der Waals surface area contributed by atoms with Crippen LogP contribution in [0.3, 0.4) is 0 Å². The fraction of sp³-hybridized carbons (Fsp3) is 0.466. The number of carboxylic acids is 1. The molecule has 4 aliphatic rings. The number of methoxy groups -OCH3 is 1. The van der Waals surface area contributed by atoms with Gasteiger partial charge in [-0.3, -0.25) is 28.9 Å². The lowest BCUT2D eigenvalue weighted by atomic mass is 9.79. The molecule has 4 amide bonds. The minimum absolute atomic E-state index is 0.0836. The van der Waals surface area contributed by atoms with Crippen molar-refractivity contribution in [3.63, 3.8) is 0 Å². The molecule has 0 radical (unpaired) electrons. The van der Waals surface area contributed by atoms with E-state index in [1.165, 1.54) is 0 Å². The number of hydrogen-bond donors (Lipinski definition) is 5. The first-order chi connectivity index (χ1) is 46.5. The molecule has 3 aliphatic heterocycles. The van der Waals surface area contributed by atoms with Crippen molar-refractivity contribution in [3.05, 3.63) is 160 Å². The fourth-order valence-electron chi connectivity index (χ4n) is 13.2. The molecule has 0 spiro atoms. The van der Waals surface area contributed by atoms with E-state index in [0.29, 0.717) is 161 Å². The zero-order valence-corrected chi connectivity index (χ0v) is 56.3. The summed E-state index contributed by atoms with van der Waals surface area (Å²) in [7, 11) is 1.60. The lowest BCUT2D eigenvalue weighted by molar-refractivity contribution is -0.139. The molecule has 1 unspecified atom stereocenters. The SMILES string of the molecule is COCCNC(=O)[C@@H]1C[C@@H]2CCCC[C@@H]2N1c1cc(C(C)NC(=O)c2ccc(-c3ccc(N)cc3)cc2)nc(CC(=O)NCCOCCOCCOCCOCCOCCN2CCOc3ccc([C@@H]4[C@@H](C(=O)O)c5ccccc5C(=O)N4c4ccc(C(C)(C)C)c(Cl)c4)cc32)n1. The van der Waals surface area contributed by atoms with Gasteiger partial charge in [-0.1, -0.05) is 99.8 Å². The Bertz CT molecular complexity index is 3630. The number of anilines is 4. The quantitative estimate of drug-likeness (QED) is 0.0194. The number of ether oxygens (including phenoxy) is 7. The van der Waals surface area contributed by atoms with Crippen molar-refractivity contribution in [1.29, 1.82) is 0 Å². The lowest BCUT2D eigenvalue weighted by Crippen LogP contribution is -2.48. The number of hydrogen-bond acceptors (Lipinski definition) is 17. The van der Waals surface area contributed by atoms with E-state index < -0.39 is 30.0 Å². The standard InChI is InChI=1S/C73H90ClN9O13/c1-47(78-69(85)50-16-14-48(15-17-50)49-18-21-53(75)22-19-49)59-45-65(83-60-13-9-6-10-51(60)42-62(83)70(86)77-26-30-90-5)80-64(79-59)46-66(84)76-27-31-91-34-36-93-38-40-95-41-39-94-37-35-92-32-28-81-29-33-96-63-25-20-52(43-61(63)81)68-67(72(88)89)55-11-7-8-12-56(55)71(87)82(68)54-23-24-57(58(74)44-54)73(2,3)4/h7-8,11-12,14-25,43-45,47,51,60,62,67-68H,6,9-10,13,26-42,46,75H2,1-5H3,(H,76,84)(H,77,86)(H,78,85)(H,88,89)/t47?,51-,60-,62-,67-,68+/m0/s1. The van der Waals surface area contributed by atoms with Crippen molar-refractivity contribution in [2.45, 2.75) is 102 Å². The summed E-state index contributed by atoms with van der Waals surface area (Å²) in [4.78, 5) is 84.4. The highest BCUT2D eigenvalue weighted by Gasteiger charge is 2.47. The van der Waals surface area contributed by atoms with Gasteiger partial charge in [0, 0.05) is 66.4 Å². The minimum atomic E-state index is -1.07. The summed E-state index contributed by atoms with van der Waals surface area (Å²) in [6.45, 7) is 14.2. The van der Waals surface area contributed by atoms with Crippen molar-refractivity contribution < 1.29 is 62.2 Å². The summed E-state index contributed by atoms with van der Waals surface area (Å²) in [5.41, 5.74) is 12.9. The van der Waals surface area contributed by atoms with Gasteiger partial charge in [-0.25, -0.2) is 9.97 Å². The minimum Gasteiger partial charge on any atom is -0.490 e. The van der Waals surface area contributed by atoms with Crippen LogP contribution in [0.2, 0.25) is 5.02 Å². The molecule has 1 saturated heterocycles. The molecule has 6 atom stereocenters. The van der Waals surface area contributed by atoms with Gasteiger partial charge in [0.25, 0.3) is 11.8 Å². The summed E-state index contributed by atoms with van der Waals surface area (Å²) in [5.74, 6) is -1.34. The smallest absolute Gasteiger partial charge is 0.313 e. The van der Waals surface area contributed by atoms with Crippen LogP contribution in [0.25, 0.3) is 11.1 Å². The molecule has 1 aliphatic carbocycles. The van der Waals surface area contributed by atoms with Gasteiger partial charge in [-0.15, -0.1) is 0 Å². The molecular formula is C73H90ClN9O13. The maximum atomic E-state index is 14.5. The highest BCUT2D eigenvalue weighted by Crippen LogP contribution is 2.48. The molecule has 2 fully saturated rings. The number of fused-ring (bicyclic) bond motifs is 3. The maximum absolute atomic E-state index is 14.5. The van der Waals surface area contributed by atoms with Crippen molar-refractivity contribution >= 4 is 64.1 Å².